The summed E-state index contributed by atoms with van der Waals surface area (Å²) >= 11 is 0. The molecule has 10 heteroatoms. The maximum Gasteiger partial charge on any atom is 0.306 e. The van der Waals surface area contributed by atoms with E-state index in [2.05, 4.69) is 5.32 Å². The smallest absolute Gasteiger partial charge is 0.306 e. The summed E-state index contributed by atoms with van der Waals surface area (Å²) < 4.78 is 15.4. The summed E-state index contributed by atoms with van der Waals surface area (Å²) in [6, 6.07) is 8.34. The maximum absolute atomic E-state index is 12.7. The Bertz CT molecular complexity index is 1140. The lowest BCUT2D eigenvalue weighted by Crippen LogP contribution is -2.44. The summed E-state index contributed by atoms with van der Waals surface area (Å²) in [7, 11) is 2.70. The zero-order valence-corrected chi connectivity index (χ0v) is 24.3. The van der Waals surface area contributed by atoms with Gasteiger partial charge in [0.25, 0.3) is 0 Å². The highest BCUT2D eigenvalue weighted by atomic mass is 16.5. The predicted molar refractivity (Wildman–Crippen MR) is 152 cm³/mol. The minimum atomic E-state index is -0.923. The van der Waals surface area contributed by atoms with Gasteiger partial charge in [0.1, 0.15) is 12.6 Å². The number of benzene rings is 1. The van der Waals surface area contributed by atoms with Crippen molar-refractivity contribution in [3.63, 3.8) is 0 Å². The number of carbonyl (C=O) groups excluding carboxylic acids is 5. The summed E-state index contributed by atoms with van der Waals surface area (Å²) in [4.78, 5) is 61.2. The molecule has 0 bridgehead atoms. The Hall–Kier alpha value is -3.95. The first-order valence-electron chi connectivity index (χ1n) is 14.1. The van der Waals surface area contributed by atoms with Crippen LogP contribution in [0.3, 0.4) is 0 Å². The lowest BCUT2D eigenvalue weighted by Gasteiger charge is -2.20. The van der Waals surface area contributed by atoms with Gasteiger partial charge in [-0.1, -0.05) is 62.4 Å². The second-order valence-electron chi connectivity index (χ2n) is 10.0. The van der Waals surface area contributed by atoms with E-state index >= 15 is 0 Å². The molecule has 0 fully saturated rings. The van der Waals surface area contributed by atoms with E-state index in [1.54, 1.807) is 6.92 Å². The first-order valence-corrected chi connectivity index (χ1v) is 14.1. The van der Waals surface area contributed by atoms with Crippen LogP contribution < -0.4 is 11.1 Å². The number of carbonyl (C=O) groups is 5. The lowest BCUT2D eigenvalue weighted by molar-refractivity contribution is -0.145. The van der Waals surface area contributed by atoms with E-state index in [-0.39, 0.29) is 54.9 Å². The molecule has 0 radical (unpaired) electrons. The fourth-order valence-electron chi connectivity index (χ4n) is 4.59. The molecule has 1 aromatic carbocycles. The van der Waals surface area contributed by atoms with Crippen molar-refractivity contribution in [1.82, 2.24) is 5.32 Å². The Labute approximate surface area is 241 Å². The average Bonchev–Trinajstić information content (AvgIpc) is 2.96. The van der Waals surface area contributed by atoms with Gasteiger partial charge in [0.2, 0.25) is 34.9 Å². The highest BCUT2D eigenvalue weighted by molar-refractivity contribution is 6.23. The van der Waals surface area contributed by atoms with Gasteiger partial charge in [-0.3, -0.25) is 24.0 Å². The van der Waals surface area contributed by atoms with Crippen molar-refractivity contribution >= 4 is 29.4 Å². The molecule has 0 spiro atoms. The van der Waals surface area contributed by atoms with Gasteiger partial charge >= 0.3 is 5.97 Å². The lowest BCUT2D eigenvalue weighted by atomic mass is 9.89. The molecule has 1 atom stereocenters. The Morgan fingerprint density at radius 2 is 1.41 bits per heavy atom. The number of unbranched alkanes of at least 4 members (excludes halogenated alkanes) is 6. The Morgan fingerprint density at radius 1 is 0.829 bits per heavy atom. The molecule has 0 heterocycles. The van der Waals surface area contributed by atoms with Gasteiger partial charge < -0.3 is 25.3 Å². The monoisotopic (exact) mass is 570 g/mol. The number of amides is 2. The number of ether oxygens (including phenoxy) is 3. The zero-order chi connectivity index (χ0) is 30.2. The molecular weight excluding hydrogens is 528 g/mol. The van der Waals surface area contributed by atoms with Crippen LogP contribution >= 0.6 is 0 Å². The van der Waals surface area contributed by atoms with E-state index in [0.29, 0.717) is 24.0 Å². The van der Waals surface area contributed by atoms with Crippen LogP contribution in [0.15, 0.2) is 53.0 Å². The second kappa shape index (κ2) is 17.7. The van der Waals surface area contributed by atoms with E-state index in [0.717, 1.165) is 44.1 Å². The molecule has 2 rings (SSSR count). The van der Waals surface area contributed by atoms with Gasteiger partial charge in [0, 0.05) is 24.0 Å². The number of methoxy groups -OCH3 is 2. The summed E-state index contributed by atoms with van der Waals surface area (Å²) in [5, 5.41) is 2.62. The molecule has 0 unspecified atom stereocenters. The Morgan fingerprint density at radius 3 is 2.02 bits per heavy atom. The van der Waals surface area contributed by atoms with Crippen LogP contribution in [0.1, 0.15) is 83.1 Å². The quantitative estimate of drug-likeness (QED) is 0.144. The number of ketones is 2. The SMILES string of the molecule is COC1=C(OC)C(=O)C(CCCCCCCCCC(=O)N[C@H](CCC(=O)OCc2ccccc2)C(N)=O)=C(C)C1=O. The fourth-order valence-corrected chi connectivity index (χ4v) is 4.59. The minimum absolute atomic E-state index is 0.0273. The molecule has 3 N–H and O–H groups in total. The molecule has 1 aliphatic carbocycles. The molecular formula is C31H42N2O8. The number of hydrogen-bond acceptors (Lipinski definition) is 8. The van der Waals surface area contributed by atoms with Crippen molar-refractivity contribution in [3.8, 4) is 0 Å². The molecule has 10 nitrogen and oxygen atoms in total. The van der Waals surface area contributed by atoms with Gasteiger partial charge in [-0.2, -0.15) is 0 Å². The van der Waals surface area contributed by atoms with E-state index in [1.807, 2.05) is 30.3 Å². The summed E-state index contributed by atoms with van der Waals surface area (Å²) in [6.45, 7) is 1.79. The zero-order valence-electron chi connectivity index (χ0n) is 24.3. The van der Waals surface area contributed by atoms with E-state index < -0.39 is 17.9 Å². The number of allylic oxidation sites excluding steroid dienone is 2. The highest BCUT2D eigenvalue weighted by Gasteiger charge is 2.34. The van der Waals surface area contributed by atoms with Gasteiger partial charge in [-0.05, 0) is 38.2 Å². The largest absolute Gasteiger partial charge is 0.489 e. The third-order valence-corrected chi connectivity index (χ3v) is 6.98. The fraction of sp³-hybridized carbons (Fsp3) is 0.516. The third-order valence-electron chi connectivity index (χ3n) is 6.98. The highest BCUT2D eigenvalue weighted by Crippen LogP contribution is 2.28. The van der Waals surface area contributed by atoms with Crippen LogP contribution in [0, 0.1) is 0 Å². The van der Waals surface area contributed by atoms with Crippen molar-refractivity contribution < 1.29 is 38.2 Å². The topological polar surface area (TPSA) is 151 Å². The van der Waals surface area contributed by atoms with E-state index in [4.69, 9.17) is 19.9 Å². The number of primary amides is 1. The van der Waals surface area contributed by atoms with Crippen molar-refractivity contribution in [1.29, 1.82) is 0 Å². The van der Waals surface area contributed by atoms with Crippen LogP contribution in [0.4, 0.5) is 0 Å². The van der Waals surface area contributed by atoms with Gasteiger partial charge in [0.15, 0.2) is 0 Å². The van der Waals surface area contributed by atoms with Crippen molar-refractivity contribution in [2.75, 3.05) is 14.2 Å². The number of rotatable bonds is 19. The van der Waals surface area contributed by atoms with Gasteiger partial charge in [-0.25, -0.2) is 0 Å². The third kappa shape index (κ3) is 10.9. The number of nitrogens with one attached hydrogen (secondary N) is 1. The Balaban J connectivity index is 1.58. The van der Waals surface area contributed by atoms with E-state index in [1.165, 1.54) is 14.2 Å². The second-order valence-corrected chi connectivity index (χ2v) is 10.0. The standard InChI is InChI=1S/C31H42N2O8/c1-21-23(28(37)30(40-3)29(39-2)27(21)36)16-12-7-5-4-6-8-13-17-25(34)33-24(31(32)38)18-19-26(35)41-20-22-14-10-9-11-15-22/h9-11,14-15,24H,4-8,12-13,16-20H2,1-3H3,(H2,32,38)(H,33,34)/t24-/m1/s1. The first kappa shape index (κ1) is 33.3. The van der Waals surface area contributed by atoms with E-state index in [9.17, 15) is 24.0 Å². The number of hydrogen-bond donors (Lipinski definition) is 2. The maximum atomic E-state index is 12.7. The number of esters is 1. The molecule has 41 heavy (non-hydrogen) atoms. The molecule has 0 aromatic heterocycles. The first-order chi connectivity index (χ1) is 19.7. The van der Waals surface area contributed by atoms with Crippen LogP contribution in [-0.2, 0) is 44.8 Å². The summed E-state index contributed by atoms with van der Waals surface area (Å²) in [6.07, 6.45) is 6.97. The number of nitrogens with two attached hydrogens (primary N) is 1. The molecule has 0 saturated heterocycles. The molecule has 1 aliphatic rings. The average molecular weight is 571 g/mol. The van der Waals surface area contributed by atoms with Crippen LogP contribution in [0.5, 0.6) is 0 Å². The summed E-state index contributed by atoms with van der Waals surface area (Å²) in [5.41, 5.74) is 7.16. The van der Waals surface area contributed by atoms with Crippen LogP contribution in [0.25, 0.3) is 0 Å². The normalized spacial score (nSPS) is 14.1. The number of Topliss-reactive ketones (excluding diaryl/α,β-unsaturated/α-hetero) is 2. The van der Waals surface area contributed by atoms with Gasteiger partial charge in [0.05, 0.1) is 14.2 Å². The molecule has 2 amide bonds. The molecule has 0 aliphatic heterocycles. The van der Waals surface area contributed by atoms with Crippen molar-refractivity contribution in [2.45, 2.75) is 90.2 Å². The summed E-state index contributed by atoms with van der Waals surface area (Å²) in [5.74, 6) is -2.11. The van der Waals surface area contributed by atoms with Crippen LogP contribution in [0.2, 0.25) is 0 Å². The van der Waals surface area contributed by atoms with Gasteiger partial charge in [-0.15, -0.1) is 0 Å². The predicted octanol–water partition coefficient (Wildman–Crippen LogP) is 3.96. The van der Waals surface area contributed by atoms with Crippen LogP contribution in [-0.4, -0.2) is 49.6 Å². The molecule has 0 saturated carbocycles. The minimum Gasteiger partial charge on any atom is -0.489 e. The van der Waals surface area contributed by atoms with Crippen molar-refractivity contribution in [3.05, 3.63) is 58.6 Å². The van der Waals surface area contributed by atoms with Crippen molar-refractivity contribution in [2.24, 2.45) is 5.73 Å². The Kier molecular flexibility index (Phi) is 14.3. The molecule has 1 aromatic rings. The molecule has 224 valence electrons.